The molecule has 0 aromatic heterocycles. The maximum absolute atomic E-state index is 10.7. The van der Waals surface area contributed by atoms with Gasteiger partial charge in [-0.1, -0.05) is 66.7 Å². The van der Waals surface area contributed by atoms with Crippen molar-refractivity contribution in [2.24, 2.45) is 0 Å². The number of fused-ring (bicyclic) bond motifs is 1. The van der Waals surface area contributed by atoms with Crippen LogP contribution < -0.4 is 0 Å². The predicted octanol–water partition coefficient (Wildman–Crippen LogP) is 4.53. The summed E-state index contributed by atoms with van der Waals surface area (Å²) >= 11 is 0. The molecule has 0 aliphatic carbocycles. The van der Waals surface area contributed by atoms with Gasteiger partial charge in [0, 0.05) is 6.08 Å². The molecule has 0 amide bonds. The van der Waals surface area contributed by atoms with Crippen LogP contribution in [-0.2, 0) is 11.2 Å². The minimum Gasteiger partial charge on any atom is -0.478 e. The largest absolute Gasteiger partial charge is 0.478 e. The van der Waals surface area contributed by atoms with Gasteiger partial charge in [0.2, 0.25) is 0 Å². The Morgan fingerprint density at radius 1 is 0.909 bits per heavy atom. The maximum Gasteiger partial charge on any atom is 0.328 e. The lowest BCUT2D eigenvalue weighted by Crippen LogP contribution is -1.93. The fourth-order valence-electron chi connectivity index (χ4n) is 2.59. The van der Waals surface area contributed by atoms with Crippen molar-refractivity contribution in [3.05, 3.63) is 89.5 Å². The molecule has 2 heteroatoms. The van der Waals surface area contributed by atoms with Crippen molar-refractivity contribution >= 4 is 22.8 Å². The summed E-state index contributed by atoms with van der Waals surface area (Å²) in [4.78, 5) is 10.7. The smallest absolute Gasteiger partial charge is 0.328 e. The van der Waals surface area contributed by atoms with Gasteiger partial charge >= 0.3 is 5.97 Å². The molecule has 2 nitrogen and oxygen atoms in total. The molecule has 0 aliphatic rings. The van der Waals surface area contributed by atoms with E-state index in [1.165, 1.54) is 22.4 Å². The third-order valence-corrected chi connectivity index (χ3v) is 3.67. The summed E-state index contributed by atoms with van der Waals surface area (Å²) in [6, 6.07) is 22.6. The molecule has 0 heterocycles. The highest BCUT2D eigenvalue weighted by Crippen LogP contribution is 2.20. The molecule has 0 saturated heterocycles. The molecule has 0 bridgehead atoms. The third kappa shape index (κ3) is 3.23. The monoisotopic (exact) mass is 288 g/mol. The quantitative estimate of drug-likeness (QED) is 0.716. The van der Waals surface area contributed by atoms with E-state index in [-0.39, 0.29) is 0 Å². The standard InChI is InChI=1S/C20H16O2/c21-20(22)12-11-17-6-2-4-8-19(17)14-15-9-10-16-5-1-3-7-18(16)13-15/h1-13H,14H2,(H,21,22)/b12-11-. The first kappa shape index (κ1) is 14.1. The van der Waals surface area contributed by atoms with Crippen LogP contribution in [0.4, 0.5) is 0 Å². The summed E-state index contributed by atoms with van der Waals surface area (Å²) in [5, 5.41) is 11.2. The zero-order valence-corrected chi connectivity index (χ0v) is 12.1. The Kier molecular flexibility index (Phi) is 4.01. The Labute approximate surface area is 129 Å². The number of carbonyl (C=O) groups is 1. The summed E-state index contributed by atoms with van der Waals surface area (Å²) in [6.07, 6.45) is 3.61. The minimum absolute atomic E-state index is 0.783. The van der Waals surface area contributed by atoms with Gasteiger partial charge < -0.3 is 5.11 Å². The van der Waals surface area contributed by atoms with E-state index in [1.807, 2.05) is 36.4 Å². The van der Waals surface area contributed by atoms with Crippen molar-refractivity contribution < 1.29 is 9.90 Å². The fraction of sp³-hybridized carbons (Fsp3) is 0.0500. The SMILES string of the molecule is O=C(O)/C=C\c1ccccc1Cc1ccc2ccccc2c1. The maximum atomic E-state index is 10.7. The van der Waals surface area contributed by atoms with Gasteiger partial charge in [-0.2, -0.15) is 0 Å². The normalized spacial score (nSPS) is 11.1. The van der Waals surface area contributed by atoms with Crippen LogP contribution in [0.3, 0.4) is 0 Å². The molecule has 3 aromatic rings. The van der Waals surface area contributed by atoms with Crippen molar-refractivity contribution in [3.63, 3.8) is 0 Å². The van der Waals surface area contributed by atoms with Crippen LogP contribution in [0.25, 0.3) is 16.8 Å². The second kappa shape index (κ2) is 6.27. The Hall–Kier alpha value is -2.87. The first-order chi connectivity index (χ1) is 10.7. The van der Waals surface area contributed by atoms with Crippen LogP contribution in [0.15, 0.2) is 72.8 Å². The highest BCUT2D eigenvalue weighted by Gasteiger charge is 2.02. The van der Waals surface area contributed by atoms with Gasteiger partial charge in [-0.05, 0) is 40.0 Å². The summed E-state index contributed by atoms with van der Waals surface area (Å²) in [6.45, 7) is 0. The average Bonchev–Trinajstić information content (AvgIpc) is 2.54. The summed E-state index contributed by atoms with van der Waals surface area (Å²) in [5.74, 6) is -0.930. The van der Waals surface area contributed by atoms with E-state index >= 15 is 0 Å². The molecule has 0 atom stereocenters. The van der Waals surface area contributed by atoms with E-state index in [9.17, 15) is 4.79 Å². The van der Waals surface area contributed by atoms with Crippen molar-refractivity contribution in [2.75, 3.05) is 0 Å². The second-order valence-electron chi connectivity index (χ2n) is 5.23. The number of rotatable bonds is 4. The molecule has 0 radical (unpaired) electrons. The van der Waals surface area contributed by atoms with Crippen LogP contribution >= 0.6 is 0 Å². The average molecular weight is 288 g/mol. The number of hydrogen-bond acceptors (Lipinski definition) is 1. The number of carboxylic acid groups (broad SMARTS) is 1. The Morgan fingerprint density at radius 3 is 2.45 bits per heavy atom. The lowest BCUT2D eigenvalue weighted by Gasteiger charge is -2.07. The minimum atomic E-state index is -0.930. The topological polar surface area (TPSA) is 37.3 Å². The summed E-state index contributed by atoms with van der Waals surface area (Å²) in [5.41, 5.74) is 3.28. The highest BCUT2D eigenvalue weighted by atomic mass is 16.4. The van der Waals surface area contributed by atoms with Gasteiger partial charge in [0.05, 0.1) is 0 Å². The summed E-state index contributed by atoms with van der Waals surface area (Å²) in [7, 11) is 0. The van der Waals surface area contributed by atoms with Gasteiger partial charge in [0.15, 0.2) is 0 Å². The molecule has 0 aliphatic heterocycles. The number of hydrogen-bond donors (Lipinski definition) is 1. The third-order valence-electron chi connectivity index (χ3n) is 3.67. The number of aliphatic carboxylic acids is 1. The molecule has 0 spiro atoms. The Balaban J connectivity index is 1.93. The molecule has 3 rings (SSSR count). The van der Waals surface area contributed by atoms with Crippen LogP contribution in [0.5, 0.6) is 0 Å². The lowest BCUT2D eigenvalue weighted by atomic mass is 9.97. The molecule has 22 heavy (non-hydrogen) atoms. The zero-order valence-electron chi connectivity index (χ0n) is 12.1. The predicted molar refractivity (Wildman–Crippen MR) is 89.9 cm³/mol. The molecule has 0 fully saturated rings. The van der Waals surface area contributed by atoms with Crippen LogP contribution in [0.1, 0.15) is 16.7 Å². The van der Waals surface area contributed by atoms with Crippen molar-refractivity contribution in [3.8, 4) is 0 Å². The van der Waals surface area contributed by atoms with Crippen molar-refractivity contribution in [1.29, 1.82) is 0 Å². The van der Waals surface area contributed by atoms with Crippen LogP contribution in [0.2, 0.25) is 0 Å². The van der Waals surface area contributed by atoms with Crippen LogP contribution in [-0.4, -0.2) is 11.1 Å². The number of benzene rings is 3. The molecule has 1 N–H and O–H groups in total. The second-order valence-corrected chi connectivity index (χ2v) is 5.23. The Morgan fingerprint density at radius 2 is 1.64 bits per heavy atom. The zero-order chi connectivity index (χ0) is 15.4. The molecule has 0 saturated carbocycles. The first-order valence-corrected chi connectivity index (χ1v) is 7.19. The van der Waals surface area contributed by atoms with E-state index in [0.29, 0.717) is 0 Å². The molecule has 108 valence electrons. The summed E-state index contributed by atoms with van der Waals surface area (Å²) < 4.78 is 0. The van der Waals surface area contributed by atoms with E-state index in [4.69, 9.17) is 5.11 Å². The van der Waals surface area contributed by atoms with E-state index in [1.54, 1.807) is 6.08 Å². The van der Waals surface area contributed by atoms with Gasteiger partial charge in [-0.15, -0.1) is 0 Å². The Bertz CT molecular complexity index is 847. The number of carboxylic acids is 1. The molecule has 0 unspecified atom stereocenters. The van der Waals surface area contributed by atoms with E-state index < -0.39 is 5.97 Å². The van der Waals surface area contributed by atoms with Crippen molar-refractivity contribution in [1.82, 2.24) is 0 Å². The highest BCUT2D eigenvalue weighted by molar-refractivity contribution is 5.86. The molecular weight excluding hydrogens is 272 g/mol. The van der Waals surface area contributed by atoms with E-state index in [0.717, 1.165) is 17.5 Å². The van der Waals surface area contributed by atoms with Gasteiger partial charge in [0.1, 0.15) is 0 Å². The van der Waals surface area contributed by atoms with Crippen LogP contribution in [0, 0.1) is 0 Å². The first-order valence-electron chi connectivity index (χ1n) is 7.19. The molecular formula is C20H16O2. The lowest BCUT2D eigenvalue weighted by molar-refractivity contribution is -0.131. The van der Waals surface area contributed by atoms with Gasteiger partial charge in [-0.3, -0.25) is 0 Å². The molecule has 3 aromatic carbocycles. The van der Waals surface area contributed by atoms with E-state index in [2.05, 4.69) is 30.3 Å². The van der Waals surface area contributed by atoms with Gasteiger partial charge in [-0.25, -0.2) is 4.79 Å². The van der Waals surface area contributed by atoms with Gasteiger partial charge in [0.25, 0.3) is 0 Å². The fourth-order valence-corrected chi connectivity index (χ4v) is 2.59. The van der Waals surface area contributed by atoms with Crippen molar-refractivity contribution in [2.45, 2.75) is 6.42 Å².